The quantitative estimate of drug-likeness (QED) is 0.919. The Morgan fingerprint density at radius 3 is 2.54 bits per heavy atom. The Kier molecular flexibility index (Phi) is 4.69. The van der Waals surface area contributed by atoms with Crippen molar-refractivity contribution in [3.8, 4) is 17.2 Å². The van der Waals surface area contributed by atoms with Gasteiger partial charge in [0.05, 0.1) is 19.8 Å². The first-order chi connectivity index (χ1) is 12.7. The van der Waals surface area contributed by atoms with Crippen LogP contribution in [0, 0.1) is 6.92 Å². The summed E-state index contributed by atoms with van der Waals surface area (Å²) in [5.74, 6) is 2.22. The molecule has 0 spiro atoms. The molecule has 0 unspecified atom stereocenters. The molecule has 2 aromatic rings. The number of ether oxygens (including phenoxy) is 3. The van der Waals surface area contributed by atoms with Gasteiger partial charge < -0.3 is 19.5 Å². The van der Waals surface area contributed by atoms with Crippen LogP contribution in [0.25, 0.3) is 0 Å². The van der Waals surface area contributed by atoms with E-state index in [4.69, 9.17) is 14.2 Å². The Balaban J connectivity index is 1.47. The summed E-state index contributed by atoms with van der Waals surface area (Å²) < 4.78 is 17.0. The van der Waals surface area contributed by atoms with Crippen LogP contribution in [-0.4, -0.2) is 25.7 Å². The zero-order valence-electron chi connectivity index (χ0n) is 15.0. The van der Waals surface area contributed by atoms with Gasteiger partial charge in [-0.3, -0.25) is 4.79 Å². The normalized spacial score (nSPS) is 15.4. The second-order valence-corrected chi connectivity index (χ2v) is 6.74. The van der Waals surface area contributed by atoms with Gasteiger partial charge in [-0.2, -0.15) is 0 Å². The fourth-order valence-corrected chi connectivity index (χ4v) is 3.36. The third-order valence-electron chi connectivity index (χ3n) is 4.77. The van der Waals surface area contributed by atoms with Crippen LogP contribution in [0.3, 0.4) is 0 Å². The Hall–Kier alpha value is -2.69. The summed E-state index contributed by atoms with van der Waals surface area (Å²) in [5, 5.41) is 3.01. The molecule has 136 valence electrons. The number of hydrogen-bond acceptors (Lipinski definition) is 4. The van der Waals surface area contributed by atoms with Gasteiger partial charge in [-0.05, 0) is 54.7 Å². The van der Waals surface area contributed by atoms with Crippen molar-refractivity contribution in [1.29, 1.82) is 0 Å². The molecule has 0 aliphatic carbocycles. The number of carbonyl (C=O) groups is 1. The molecule has 1 amide bonds. The fourth-order valence-electron chi connectivity index (χ4n) is 3.36. The van der Waals surface area contributed by atoms with Gasteiger partial charge in [-0.25, -0.2) is 0 Å². The molecular formula is C21H23NO4. The maximum atomic E-state index is 12.7. The van der Waals surface area contributed by atoms with Gasteiger partial charge in [0.2, 0.25) is 0 Å². The Bertz CT molecular complexity index is 831. The van der Waals surface area contributed by atoms with Crippen molar-refractivity contribution in [3.05, 3.63) is 52.6 Å². The van der Waals surface area contributed by atoms with Crippen molar-refractivity contribution in [2.75, 3.05) is 19.8 Å². The summed E-state index contributed by atoms with van der Waals surface area (Å²) in [5.41, 5.74) is 3.80. The standard InChI is InChI=1S/C21H23NO4/c1-14-10-19-20(26-9-3-8-25-19)12-17(14)21(23)22-13-15-5-6-18-16(11-15)4-2-7-24-18/h5-6,10-12H,2-4,7-9,13H2,1H3,(H,22,23). The molecule has 2 aliphatic heterocycles. The SMILES string of the molecule is Cc1cc2c(cc1C(=O)NCc1ccc3c(c1)CCCO3)OCCCO2. The van der Waals surface area contributed by atoms with Crippen LogP contribution in [0.2, 0.25) is 0 Å². The van der Waals surface area contributed by atoms with Crippen LogP contribution in [0.15, 0.2) is 30.3 Å². The highest BCUT2D eigenvalue weighted by molar-refractivity contribution is 5.96. The lowest BCUT2D eigenvalue weighted by atomic mass is 10.0. The van der Waals surface area contributed by atoms with Crippen molar-refractivity contribution in [2.24, 2.45) is 0 Å². The van der Waals surface area contributed by atoms with E-state index in [0.29, 0.717) is 36.8 Å². The van der Waals surface area contributed by atoms with Gasteiger partial charge in [0.15, 0.2) is 11.5 Å². The second kappa shape index (κ2) is 7.28. The van der Waals surface area contributed by atoms with Crippen LogP contribution in [-0.2, 0) is 13.0 Å². The van der Waals surface area contributed by atoms with Gasteiger partial charge in [0.25, 0.3) is 5.91 Å². The van der Waals surface area contributed by atoms with Crippen LogP contribution in [0.1, 0.15) is 39.9 Å². The number of aryl methyl sites for hydroxylation is 2. The number of nitrogens with one attached hydrogen (secondary N) is 1. The van der Waals surface area contributed by atoms with E-state index in [1.807, 2.05) is 25.1 Å². The molecule has 0 saturated carbocycles. The molecule has 5 heteroatoms. The number of carbonyl (C=O) groups excluding carboxylic acids is 1. The van der Waals surface area contributed by atoms with Gasteiger partial charge in [0.1, 0.15) is 5.75 Å². The van der Waals surface area contributed by atoms with E-state index in [1.54, 1.807) is 6.07 Å². The highest BCUT2D eigenvalue weighted by Gasteiger charge is 2.17. The Labute approximate surface area is 153 Å². The van der Waals surface area contributed by atoms with E-state index >= 15 is 0 Å². The second-order valence-electron chi connectivity index (χ2n) is 6.74. The minimum atomic E-state index is -0.105. The van der Waals surface area contributed by atoms with Crippen molar-refractivity contribution in [3.63, 3.8) is 0 Å². The maximum Gasteiger partial charge on any atom is 0.251 e. The average molecular weight is 353 g/mol. The third-order valence-corrected chi connectivity index (χ3v) is 4.77. The van der Waals surface area contributed by atoms with E-state index in [9.17, 15) is 4.79 Å². The summed E-state index contributed by atoms with van der Waals surface area (Å²) in [6.07, 6.45) is 2.91. The van der Waals surface area contributed by atoms with Crippen LogP contribution < -0.4 is 19.5 Å². The van der Waals surface area contributed by atoms with Crippen molar-refractivity contribution in [2.45, 2.75) is 32.7 Å². The smallest absolute Gasteiger partial charge is 0.251 e. The number of rotatable bonds is 3. The molecule has 0 atom stereocenters. The van der Waals surface area contributed by atoms with E-state index in [1.165, 1.54) is 5.56 Å². The lowest BCUT2D eigenvalue weighted by molar-refractivity contribution is 0.0950. The largest absolute Gasteiger partial charge is 0.493 e. The molecule has 1 N–H and O–H groups in total. The van der Waals surface area contributed by atoms with Gasteiger partial charge in [-0.15, -0.1) is 0 Å². The molecule has 4 rings (SSSR count). The number of amides is 1. The molecule has 0 fully saturated rings. The van der Waals surface area contributed by atoms with Gasteiger partial charge in [0, 0.05) is 18.5 Å². The highest BCUT2D eigenvalue weighted by Crippen LogP contribution is 2.32. The topological polar surface area (TPSA) is 56.8 Å². The van der Waals surface area contributed by atoms with Crippen LogP contribution in [0.5, 0.6) is 17.2 Å². The minimum Gasteiger partial charge on any atom is -0.493 e. The van der Waals surface area contributed by atoms with Crippen molar-refractivity contribution in [1.82, 2.24) is 5.32 Å². The molecule has 2 heterocycles. The lowest BCUT2D eigenvalue weighted by Gasteiger charge is -2.18. The van der Waals surface area contributed by atoms with E-state index < -0.39 is 0 Å². The zero-order chi connectivity index (χ0) is 17.9. The maximum absolute atomic E-state index is 12.7. The summed E-state index contributed by atoms with van der Waals surface area (Å²) >= 11 is 0. The van der Waals surface area contributed by atoms with E-state index in [-0.39, 0.29) is 5.91 Å². The fraction of sp³-hybridized carbons (Fsp3) is 0.381. The molecule has 0 radical (unpaired) electrons. The summed E-state index contributed by atoms with van der Waals surface area (Å²) in [4.78, 5) is 12.7. The van der Waals surface area contributed by atoms with Gasteiger partial charge in [-0.1, -0.05) is 12.1 Å². The molecule has 5 nitrogen and oxygen atoms in total. The Morgan fingerprint density at radius 1 is 0.962 bits per heavy atom. The third kappa shape index (κ3) is 3.47. The number of hydrogen-bond donors (Lipinski definition) is 1. The first-order valence-electron chi connectivity index (χ1n) is 9.14. The molecule has 0 bridgehead atoms. The molecule has 2 aromatic carbocycles. The number of benzene rings is 2. The number of fused-ring (bicyclic) bond motifs is 2. The summed E-state index contributed by atoms with van der Waals surface area (Å²) in [7, 11) is 0. The van der Waals surface area contributed by atoms with E-state index in [0.717, 1.165) is 42.7 Å². The summed E-state index contributed by atoms with van der Waals surface area (Å²) in [6.45, 7) is 4.43. The molecule has 0 saturated heterocycles. The molecule has 26 heavy (non-hydrogen) atoms. The first-order valence-corrected chi connectivity index (χ1v) is 9.14. The summed E-state index contributed by atoms with van der Waals surface area (Å²) in [6, 6.07) is 9.79. The highest BCUT2D eigenvalue weighted by atomic mass is 16.5. The average Bonchev–Trinajstić information content (AvgIpc) is 2.90. The van der Waals surface area contributed by atoms with Crippen molar-refractivity contribution < 1.29 is 19.0 Å². The van der Waals surface area contributed by atoms with E-state index in [2.05, 4.69) is 11.4 Å². The molecular weight excluding hydrogens is 330 g/mol. The van der Waals surface area contributed by atoms with Crippen LogP contribution >= 0.6 is 0 Å². The molecule has 2 aliphatic rings. The monoisotopic (exact) mass is 353 g/mol. The lowest BCUT2D eigenvalue weighted by Crippen LogP contribution is -2.24. The molecule has 0 aromatic heterocycles. The van der Waals surface area contributed by atoms with Gasteiger partial charge >= 0.3 is 0 Å². The minimum absolute atomic E-state index is 0.105. The first kappa shape index (κ1) is 16.8. The van der Waals surface area contributed by atoms with Crippen LogP contribution in [0.4, 0.5) is 0 Å². The van der Waals surface area contributed by atoms with Crippen molar-refractivity contribution >= 4 is 5.91 Å². The predicted molar refractivity (Wildman–Crippen MR) is 98.2 cm³/mol. The predicted octanol–water partition coefficient (Wildman–Crippen LogP) is 3.41. The zero-order valence-corrected chi connectivity index (χ0v) is 15.0. The Morgan fingerprint density at radius 2 is 1.69 bits per heavy atom.